The second kappa shape index (κ2) is 8.24. The summed E-state index contributed by atoms with van der Waals surface area (Å²) >= 11 is 0. The second-order valence-corrected chi connectivity index (χ2v) is 10.7. The first-order chi connectivity index (χ1) is 12.6. The van der Waals surface area contributed by atoms with Gasteiger partial charge in [0.1, 0.15) is 0 Å². The first kappa shape index (κ1) is 18.8. The van der Waals surface area contributed by atoms with Crippen LogP contribution in [0.4, 0.5) is 0 Å². The van der Waals surface area contributed by atoms with Crippen molar-refractivity contribution in [3.05, 3.63) is 24.3 Å². The van der Waals surface area contributed by atoms with Crippen LogP contribution in [0.25, 0.3) is 0 Å². The van der Waals surface area contributed by atoms with Gasteiger partial charge in [-0.3, -0.25) is 0 Å². The maximum Gasteiger partial charge on any atom is -0.0289 e. The molecule has 4 unspecified atom stereocenters. The standard InChI is InChI=1S/C26H42/c1-4-5-6-7-20(16-23-10-8-21-12-18(2)14-25(21)23)17-24-11-9-22-13-19(3)15-26(22)24/h20-26H,2-17H2,1H3/t20?,21?,22?,23-,24?,25-,26-/m0/s1. The van der Waals surface area contributed by atoms with Crippen LogP contribution >= 0.6 is 0 Å². The van der Waals surface area contributed by atoms with Crippen molar-refractivity contribution in [3.8, 4) is 0 Å². The molecule has 4 aliphatic carbocycles. The van der Waals surface area contributed by atoms with Crippen LogP contribution in [0.5, 0.6) is 0 Å². The van der Waals surface area contributed by atoms with Crippen molar-refractivity contribution >= 4 is 0 Å². The summed E-state index contributed by atoms with van der Waals surface area (Å²) in [6.45, 7) is 11.0. The lowest BCUT2D eigenvalue weighted by molar-refractivity contribution is 0.218. The van der Waals surface area contributed by atoms with Gasteiger partial charge < -0.3 is 0 Å². The Balaban J connectivity index is 1.36. The summed E-state index contributed by atoms with van der Waals surface area (Å²) in [4.78, 5) is 0. The molecule has 0 aliphatic heterocycles. The molecule has 146 valence electrons. The number of fused-ring (bicyclic) bond motifs is 2. The van der Waals surface area contributed by atoms with Gasteiger partial charge in [-0.1, -0.05) is 56.9 Å². The van der Waals surface area contributed by atoms with Crippen LogP contribution < -0.4 is 0 Å². The molecule has 0 N–H and O–H groups in total. The van der Waals surface area contributed by atoms with Crippen molar-refractivity contribution in [1.29, 1.82) is 0 Å². The number of hydrogen-bond donors (Lipinski definition) is 0. The van der Waals surface area contributed by atoms with Crippen molar-refractivity contribution in [3.63, 3.8) is 0 Å². The minimum absolute atomic E-state index is 1.01. The quantitative estimate of drug-likeness (QED) is 0.306. The highest BCUT2D eigenvalue weighted by molar-refractivity contribution is 5.11. The predicted octanol–water partition coefficient (Wildman–Crippen LogP) is 7.95. The minimum atomic E-state index is 1.01. The van der Waals surface area contributed by atoms with E-state index < -0.39 is 0 Å². The van der Waals surface area contributed by atoms with E-state index in [1.807, 2.05) is 0 Å². The Morgan fingerprint density at radius 2 is 1.31 bits per heavy atom. The fourth-order valence-corrected chi connectivity index (χ4v) is 7.69. The molecule has 7 atom stereocenters. The van der Waals surface area contributed by atoms with Crippen LogP contribution in [-0.4, -0.2) is 0 Å². The molecule has 0 aromatic heterocycles. The van der Waals surface area contributed by atoms with Crippen LogP contribution in [-0.2, 0) is 0 Å². The van der Waals surface area contributed by atoms with Crippen LogP contribution in [0, 0.1) is 41.4 Å². The Labute approximate surface area is 162 Å². The number of hydrogen-bond acceptors (Lipinski definition) is 0. The monoisotopic (exact) mass is 354 g/mol. The van der Waals surface area contributed by atoms with Gasteiger partial charge in [0, 0.05) is 0 Å². The largest absolute Gasteiger partial charge is 0.0998 e. The summed E-state index contributed by atoms with van der Waals surface area (Å²) in [6, 6.07) is 0. The van der Waals surface area contributed by atoms with E-state index in [-0.39, 0.29) is 0 Å². The Kier molecular flexibility index (Phi) is 5.96. The summed E-state index contributed by atoms with van der Waals surface area (Å²) in [6.07, 6.45) is 20.4. The summed E-state index contributed by atoms with van der Waals surface area (Å²) in [5.74, 6) is 7.12. The molecule has 0 radical (unpaired) electrons. The number of rotatable bonds is 8. The van der Waals surface area contributed by atoms with Crippen molar-refractivity contribution in [1.82, 2.24) is 0 Å². The Hall–Kier alpha value is -0.520. The molecular weight excluding hydrogens is 312 g/mol. The summed E-state index contributed by atoms with van der Waals surface area (Å²) in [7, 11) is 0. The van der Waals surface area contributed by atoms with Crippen LogP contribution in [0.2, 0.25) is 0 Å². The first-order valence-corrected chi connectivity index (χ1v) is 12.0. The van der Waals surface area contributed by atoms with Crippen molar-refractivity contribution in [2.45, 2.75) is 96.8 Å². The van der Waals surface area contributed by atoms with E-state index >= 15 is 0 Å². The third-order valence-corrected chi connectivity index (χ3v) is 8.88. The summed E-state index contributed by atoms with van der Waals surface area (Å²) < 4.78 is 0. The van der Waals surface area contributed by atoms with Crippen LogP contribution in [0.3, 0.4) is 0 Å². The maximum atomic E-state index is 4.33. The van der Waals surface area contributed by atoms with Crippen molar-refractivity contribution in [2.24, 2.45) is 41.4 Å². The zero-order valence-corrected chi connectivity index (χ0v) is 17.4. The molecule has 0 spiro atoms. The highest BCUT2D eigenvalue weighted by Gasteiger charge is 2.43. The average molecular weight is 355 g/mol. The average Bonchev–Trinajstić information content (AvgIpc) is 3.32. The van der Waals surface area contributed by atoms with Gasteiger partial charge in [0.05, 0.1) is 0 Å². The van der Waals surface area contributed by atoms with Gasteiger partial charge in [-0.2, -0.15) is 0 Å². The molecule has 0 heteroatoms. The smallest absolute Gasteiger partial charge is 0.0289 e. The van der Waals surface area contributed by atoms with Crippen LogP contribution in [0.1, 0.15) is 96.8 Å². The molecule has 0 amide bonds. The summed E-state index contributed by atoms with van der Waals surface area (Å²) in [5.41, 5.74) is 3.13. The van der Waals surface area contributed by atoms with Gasteiger partial charge in [0.25, 0.3) is 0 Å². The third kappa shape index (κ3) is 4.00. The lowest BCUT2D eigenvalue weighted by Gasteiger charge is -2.29. The zero-order chi connectivity index (χ0) is 18.1. The van der Waals surface area contributed by atoms with Gasteiger partial charge >= 0.3 is 0 Å². The van der Waals surface area contributed by atoms with Gasteiger partial charge in [-0.05, 0) is 106 Å². The molecule has 4 rings (SSSR count). The maximum absolute atomic E-state index is 4.33. The molecule has 0 aromatic carbocycles. The fraction of sp³-hybridized carbons (Fsp3) is 0.846. The zero-order valence-electron chi connectivity index (χ0n) is 17.4. The molecule has 0 nitrogen and oxygen atoms in total. The highest BCUT2D eigenvalue weighted by atomic mass is 14.5. The van der Waals surface area contributed by atoms with E-state index in [4.69, 9.17) is 0 Å². The molecular formula is C26H42. The third-order valence-electron chi connectivity index (χ3n) is 8.88. The lowest BCUT2D eigenvalue weighted by atomic mass is 9.77. The normalized spacial score (nSPS) is 40.2. The minimum Gasteiger partial charge on any atom is -0.0998 e. The summed E-state index contributed by atoms with van der Waals surface area (Å²) in [5, 5.41) is 0. The molecule has 0 heterocycles. The highest BCUT2D eigenvalue weighted by Crippen LogP contribution is 2.54. The van der Waals surface area contributed by atoms with E-state index in [0.29, 0.717) is 0 Å². The van der Waals surface area contributed by atoms with E-state index in [9.17, 15) is 0 Å². The van der Waals surface area contributed by atoms with Crippen molar-refractivity contribution in [2.75, 3.05) is 0 Å². The number of allylic oxidation sites excluding steroid dienone is 2. The van der Waals surface area contributed by atoms with E-state index in [1.54, 1.807) is 24.0 Å². The Bertz CT molecular complexity index is 472. The van der Waals surface area contributed by atoms with E-state index in [0.717, 1.165) is 41.4 Å². The first-order valence-electron chi connectivity index (χ1n) is 12.0. The molecule has 4 aliphatic rings. The predicted molar refractivity (Wildman–Crippen MR) is 113 cm³/mol. The molecule has 4 saturated carbocycles. The van der Waals surface area contributed by atoms with E-state index in [1.165, 1.54) is 77.0 Å². The molecule has 0 bridgehead atoms. The van der Waals surface area contributed by atoms with Gasteiger partial charge in [0.15, 0.2) is 0 Å². The van der Waals surface area contributed by atoms with E-state index in [2.05, 4.69) is 20.1 Å². The Morgan fingerprint density at radius 3 is 1.81 bits per heavy atom. The van der Waals surface area contributed by atoms with Gasteiger partial charge in [0.2, 0.25) is 0 Å². The molecule has 26 heavy (non-hydrogen) atoms. The SMILES string of the molecule is C=C1CC2CCC(CC(CCCCC)C[C@@H]3CCC4CC(=C)C[C@@H]43)[C@H]2C1. The van der Waals surface area contributed by atoms with Crippen molar-refractivity contribution < 1.29 is 0 Å². The van der Waals surface area contributed by atoms with Gasteiger partial charge in [-0.15, -0.1) is 0 Å². The topological polar surface area (TPSA) is 0 Å². The lowest BCUT2D eigenvalue weighted by Crippen LogP contribution is -2.19. The number of unbranched alkanes of at least 4 members (excludes halogenated alkanes) is 2. The fourth-order valence-electron chi connectivity index (χ4n) is 7.69. The second-order valence-electron chi connectivity index (χ2n) is 10.7. The van der Waals surface area contributed by atoms with Gasteiger partial charge in [-0.25, -0.2) is 0 Å². The van der Waals surface area contributed by atoms with Crippen LogP contribution in [0.15, 0.2) is 24.3 Å². The molecule has 0 aromatic rings. The molecule has 0 saturated heterocycles. The molecule has 4 fully saturated rings. The Morgan fingerprint density at radius 1 is 0.769 bits per heavy atom.